The van der Waals surface area contributed by atoms with Crippen LogP contribution in [0.1, 0.15) is 60.1 Å². The lowest BCUT2D eigenvalue weighted by atomic mass is 9.61. The van der Waals surface area contributed by atoms with Crippen LogP contribution in [0.3, 0.4) is 0 Å². The number of amides is 1. The molecule has 2 aliphatic carbocycles. The summed E-state index contributed by atoms with van der Waals surface area (Å²) in [4.78, 5) is 20.3. The second-order valence-corrected chi connectivity index (χ2v) is 11.5. The Morgan fingerprint density at radius 3 is 2.59 bits per heavy atom. The van der Waals surface area contributed by atoms with E-state index in [1.165, 1.54) is 16.9 Å². The largest absolute Gasteiger partial charge is 0.370 e. The quantitative estimate of drug-likeness (QED) is 0.263. The van der Waals surface area contributed by atoms with Crippen LogP contribution in [0.25, 0.3) is 0 Å². The Morgan fingerprint density at radius 1 is 1.10 bits per heavy atom. The Bertz CT molecular complexity index is 1370. The average molecular weight is 523 g/mol. The van der Waals surface area contributed by atoms with Crippen LogP contribution in [0.15, 0.2) is 67.3 Å². The molecule has 1 aromatic heterocycles. The number of hydrogen-bond acceptors (Lipinski definition) is 6. The summed E-state index contributed by atoms with van der Waals surface area (Å²) >= 11 is 0. The van der Waals surface area contributed by atoms with Gasteiger partial charge in [-0.15, -0.1) is 6.58 Å². The Morgan fingerprint density at radius 2 is 1.87 bits per heavy atom. The highest BCUT2D eigenvalue weighted by Crippen LogP contribution is 2.49. The minimum atomic E-state index is -0.152. The Hall–Kier alpha value is -3.84. The Kier molecular flexibility index (Phi) is 6.77. The lowest BCUT2D eigenvalue weighted by molar-refractivity contribution is 0.0665. The fraction of sp³-hybridized carbons (Fsp3) is 0.375. The van der Waals surface area contributed by atoms with Gasteiger partial charge in [-0.3, -0.25) is 4.79 Å². The number of carbonyl (C=O) groups excluding carboxylic acids is 1. The highest BCUT2D eigenvalue weighted by molar-refractivity contribution is 6.01. The molecule has 3 aromatic rings. The molecule has 0 bridgehead atoms. The molecule has 5 N–H and O–H groups in total. The Labute approximate surface area is 230 Å². The number of anilines is 5. The second kappa shape index (κ2) is 10.4. The normalized spacial score (nSPS) is 19.1. The molecule has 1 spiro atoms. The van der Waals surface area contributed by atoms with Gasteiger partial charge in [0, 0.05) is 59.8 Å². The van der Waals surface area contributed by atoms with E-state index in [1.807, 2.05) is 24.3 Å². The van der Waals surface area contributed by atoms with Crippen LogP contribution in [-0.4, -0.2) is 36.6 Å². The third kappa shape index (κ3) is 5.11. The van der Waals surface area contributed by atoms with Gasteiger partial charge in [0.25, 0.3) is 5.91 Å². The summed E-state index contributed by atoms with van der Waals surface area (Å²) in [5.41, 5.74) is 13.4. The van der Waals surface area contributed by atoms with Crippen LogP contribution < -0.4 is 26.6 Å². The maximum atomic E-state index is 12.9. The van der Waals surface area contributed by atoms with Crippen molar-refractivity contribution < 1.29 is 4.79 Å². The summed E-state index contributed by atoms with van der Waals surface area (Å²) < 4.78 is 0. The minimum absolute atomic E-state index is 0.152. The highest BCUT2D eigenvalue weighted by Gasteiger charge is 2.51. The van der Waals surface area contributed by atoms with Gasteiger partial charge in [0.1, 0.15) is 5.82 Å². The molecule has 2 heterocycles. The molecule has 1 aliphatic heterocycles. The molecule has 7 heteroatoms. The summed E-state index contributed by atoms with van der Waals surface area (Å²) in [5.74, 6) is 1.11. The van der Waals surface area contributed by atoms with Gasteiger partial charge in [0.2, 0.25) is 0 Å². The van der Waals surface area contributed by atoms with Gasteiger partial charge in [-0.2, -0.15) is 0 Å². The van der Waals surface area contributed by atoms with Crippen LogP contribution in [0.2, 0.25) is 0 Å². The molecular formula is C32H38N6O. The number of pyridine rings is 1. The summed E-state index contributed by atoms with van der Waals surface area (Å²) in [7, 11) is 0. The molecule has 202 valence electrons. The molecule has 3 aliphatic rings. The van der Waals surface area contributed by atoms with Crippen molar-refractivity contribution >= 4 is 34.5 Å². The molecule has 1 atom stereocenters. The number of nitrogens with one attached hydrogen (secondary N) is 3. The van der Waals surface area contributed by atoms with E-state index < -0.39 is 0 Å². The van der Waals surface area contributed by atoms with Crippen molar-refractivity contribution in [3.63, 3.8) is 0 Å². The van der Waals surface area contributed by atoms with Crippen molar-refractivity contribution in [2.75, 3.05) is 35.2 Å². The van der Waals surface area contributed by atoms with Gasteiger partial charge < -0.3 is 26.6 Å². The van der Waals surface area contributed by atoms with Crippen LogP contribution in [0.4, 0.5) is 28.6 Å². The molecular weight excluding hydrogens is 484 g/mol. The standard InChI is InChI=1S/C32H38N6O/c1-3-15-34-31(39)27-13-10-25(16-28(27)36-29-14-7-22-6-5-21(4-2)30(22)37-29)35-24-8-11-26(12-9-24)38-19-32(20-38)17-23(33)18-32/h3,7-14,16,21,23,35H,1,4-6,15,17-20,33H2,2H3,(H,34,39)(H,36,37). The fourth-order valence-corrected chi connectivity index (χ4v) is 6.50. The number of nitrogens with zero attached hydrogens (tertiary/aromatic N) is 2. The first-order chi connectivity index (χ1) is 18.9. The second-order valence-electron chi connectivity index (χ2n) is 11.5. The van der Waals surface area contributed by atoms with E-state index >= 15 is 0 Å². The number of rotatable bonds is 9. The molecule has 6 rings (SSSR count). The monoisotopic (exact) mass is 522 g/mol. The average Bonchev–Trinajstić information content (AvgIpc) is 3.31. The van der Waals surface area contributed by atoms with Crippen LogP contribution in [0.5, 0.6) is 0 Å². The highest BCUT2D eigenvalue weighted by atomic mass is 16.1. The number of aromatic nitrogens is 1. The van der Waals surface area contributed by atoms with E-state index in [4.69, 9.17) is 10.7 Å². The van der Waals surface area contributed by atoms with Crippen molar-refractivity contribution in [1.82, 2.24) is 10.3 Å². The lowest BCUT2D eigenvalue weighted by Gasteiger charge is -2.59. The first-order valence-corrected chi connectivity index (χ1v) is 14.1. The number of nitrogens with two attached hydrogens (primary N) is 1. The van der Waals surface area contributed by atoms with Crippen molar-refractivity contribution in [2.45, 2.75) is 51.0 Å². The maximum Gasteiger partial charge on any atom is 0.253 e. The zero-order valence-electron chi connectivity index (χ0n) is 22.7. The van der Waals surface area contributed by atoms with Gasteiger partial charge in [-0.05, 0) is 86.2 Å². The van der Waals surface area contributed by atoms with E-state index in [0.29, 0.717) is 35.2 Å². The molecule has 1 saturated heterocycles. The zero-order valence-corrected chi connectivity index (χ0v) is 22.7. The summed E-state index contributed by atoms with van der Waals surface area (Å²) in [6, 6.07) is 18.9. The summed E-state index contributed by atoms with van der Waals surface area (Å²) in [6.07, 6.45) is 7.31. The molecule has 2 fully saturated rings. The molecule has 39 heavy (non-hydrogen) atoms. The van der Waals surface area contributed by atoms with Gasteiger partial charge in [0.05, 0.1) is 11.3 Å². The van der Waals surface area contributed by atoms with Gasteiger partial charge in [0.15, 0.2) is 0 Å². The number of fused-ring (bicyclic) bond motifs is 1. The van der Waals surface area contributed by atoms with Crippen molar-refractivity contribution in [3.05, 3.63) is 84.1 Å². The topological polar surface area (TPSA) is 95.3 Å². The van der Waals surface area contributed by atoms with Crippen LogP contribution in [-0.2, 0) is 6.42 Å². The van der Waals surface area contributed by atoms with Crippen molar-refractivity contribution in [1.29, 1.82) is 0 Å². The maximum absolute atomic E-state index is 12.9. The van der Waals surface area contributed by atoms with Crippen molar-refractivity contribution in [2.24, 2.45) is 11.1 Å². The SMILES string of the molecule is C=CCNC(=O)c1ccc(Nc2ccc(N3CC4(CC(N)C4)C3)cc2)cc1Nc1ccc2c(n1)C(CC)CC2. The van der Waals surface area contributed by atoms with Crippen LogP contribution in [0, 0.1) is 5.41 Å². The number of benzene rings is 2. The third-order valence-electron chi connectivity index (χ3n) is 8.55. The predicted molar refractivity (Wildman–Crippen MR) is 159 cm³/mol. The fourth-order valence-electron chi connectivity index (χ4n) is 6.50. The first-order valence-electron chi connectivity index (χ1n) is 14.1. The number of hydrogen-bond donors (Lipinski definition) is 4. The van der Waals surface area contributed by atoms with Crippen molar-refractivity contribution in [3.8, 4) is 0 Å². The third-order valence-corrected chi connectivity index (χ3v) is 8.55. The van der Waals surface area contributed by atoms with Crippen LogP contribution >= 0.6 is 0 Å². The predicted octanol–water partition coefficient (Wildman–Crippen LogP) is 5.85. The Balaban J connectivity index is 1.19. The van der Waals surface area contributed by atoms with E-state index in [9.17, 15) is 4.79 Å². The minimum Gasteiger partial charge on any atom is -0.370 e. The zero-order chi connectivity index (χ0) is 27.0. The van der Waals surface area contributed by atoms with Gasteiger partial charge in [-0.25, -0.2) is 4.98 Å². The molecule has 1 unspecified atom stereocenters. The smallest absolute Gasteiger partial charge is 0.253 e. The first kappa shape index (κ1) is 25.4. The number of carbonyl (C=O) groups is 1. The van der Waals surface area contributed by atoms with E-state index in [-0.39, 0.29) is 5.91 Å². The lowest BCUT2D eigenvalue weighted by Crippen LogP contribution is -2.65. The van der Waals surface area contributed by atoms with E-state index in [1.54, 1.807) is 6.08 Å². The van der Waals surface area contributed by atoms with E-state index in [0.717, 1.165) is 62.4 Å². The van der Waals surface area contributed by atoms with E-state index in [2.05, 4.69) is 64.7 Å². The summed E-state index contributed by atoms with van der Waals surface area (Å²) in [5, 5.41) is 9.84. The summed E-state index contributed by atoms with van der Waals surface area (Å²) in [6.45, 7) is 8.55. The number of aryl methyl sites for hydroxylation is 1. The van der Waals surface area contributed by atoms with Gasteiger partial charge >= 0.3 is 0 Å². The van der Waals surface area contributed by atoms with Gasteiger partial charge in [-0.1, -0.05) is 19.1 Å². The molecule has 2 aromatic carbocycles. The molecule has 1 amide bonds. The molecule has 0 radical (unpaired) electrons. The molecule has 1 saturated carbocycles. The molecule has 7 nitrogen and oxygen atoms in total.